The highest BCUT2D eigenvalue weighted by Crippen LogP contribution is 2.32. The Morgan fingerprint density at radius 3 is 2.89 bits per heavy atom. The van der Waals surface area contributed by atoms with Gasteiger partial charge in [0.2, 0.25) is 0 Å². The minimum absolute atomic E-state index is 0.519. The van der Waals surface area contributed by atoms with Crippen molar-refractivity contribution >= 4 is 11.8 Å². The largest absolute Gasteiger partial charge is 0.330 e. The number of thioether (sulfide) groups is 1. The van der Waals surface area contributed by atoms with Crippen LogP contribution in [0.4, 0.5) is 0 Å². The predicted octanol–water partition coefficient (Wildman–Crippen LogP) is 3.15. The summed E-state index contributed by atoms with van der Waals surface area (Å²) >= 11 is 2.09. The van der Waals surface area contributed by atoms with Crippen molar-refractivity contribution in [1.82, 2.24) is 14.9 Å². The minimum Gasteiger partial charge on any atom is -0.330 e. The molecule has 2 atom stereocenters. The van der Waals surface area contributed by atoms with Crippen LogP contribution in [-0.4, -0.2) is 27.1 Å². The lowest BCUT2D eigenvalue weighted by Gasteiger charge is -2.32. The summed E-state index contributed by atoms with van der Waals surface area (Å²) in [4.78, 5) is 4.41. The zero-order chi connectivity index (χ0) is 12.4. The summed E-state index contributed by atoms with van der Waals surface area (Å²) in [6, 6.07) is 1.85. The van der Waals surface area contributed by atoms with Crippen LogP contribution in [0.25, 0.3) is 0 Å². The van der Waals surface area contributed by atoms with Gasteiger partial charge in [0, 0.05) is 24.3 Å². The lowest BCUT2D eigenvalue weighted by Crippen LogP contribution is -2.36. The number of hydrogen-bond acceptors (Lipinski definition) is 3. The summed E-state index contributed by atoms with van der Waals surface area (Å²) in [6.45, 7) is 2.30. The molecule has 4 heteroatoms. The Morgan fingerprint density at radius 2 is 2.11 bits per heavy atom. The van der Waals surface area contributed by atoms with Crippen molar-refractivity contribution in [3.05, 3.63) is 18.2 Å². The number of aromatic nitrogens is 2. The topological polar surface area (TPSA) is 29.9 Å². The van der Waals surface area contributed by atoms with Crippen LogP contribution >= 0.6 is 11.8 Å². The van der Waals surface area contributed by atoms with E-state index in [2.05, 4.69) is 46.1 Å². The molecule has 3 rings (SSSR count). The average Bonchev–Trinajstić information content (AvgIpc) is 2.89. The van der Waals surface area contributed by atoms with E-state index < -0.39 is 0 Å². The van der Waals surface area contributed by atoms with Crippen LogP contribution in [0.2, 0.25) is 0 Å². The van der Waals surface area contributed by atoms with Crippen LogP contribution in [0.15, 0.2) is 12.5 Å². The van der Waals surface area contributed by atoms with Crippen molar-refractivity contribution in [3.8, 4) is 0 Å². The molecule has 2 aliphatic heterocycles. The van der Waals surface area contributed by atoms with Crippen molar-refractivity contribution in [1.29, 1.82) is 0 Å². The van der Waals surface area contributed by atoms with Crippen molar-refractivity contribution in [2.75, 3.05) is 11.5 Å². The van der Waals surface area contributed by atoms with E-state index >= 15 is 0 Å². The molecule has 0 aromatic carbocycles. The fourth-order valence-electron chi connectivity index (χ4n) is 3.22. The Kier molecular flexibility index (Phi) is 3.94. The second-order valence-electron chi connectivity index (χ2n) is 5.62. The molecule has 2 unspecified atom stereocenters. The summed E-state index contributed by atoms with van der Waals surface area (Å²) in [5, 5.41) is 3.73. The Labute approximate surface area is 114 Å². The van der Waals surface area contributed by atoms with Gasteiger partial charge in [-0.25, -0.2) is 4.98 Å². The maximum absolute atomic E-state index is 4.41. The van der Waals surface area contributed by atoms with Gasteiger partial charge in [-0.1, -0.05) is 0 Å². The molecule has 0 amide bonds. The Morgan fingerprint density at radius 1 is 1.28 bits per heavy atom. The maximum atomic E-state index is 4.41. The molecule has 0 aliphatic carbocycles. The van der Waals surface area contributed by atoms with Gasteiger partial charge < -0.3 is 9.88 Å². The summed E-state index contributed by atoms with van der Waals surface area (Å²) in [7, 11) is 0. The van der Waals surface area contributed by atoms with Crippen LogP contribution < -0.4 is 5.32 Å². The van der Waals surface area contributed by atoms with Gasteiger partial charge in [0.25, 0.3) is 0 Å². The van der Waals surface area contributed by atoms with E-state index in [1.165, 1.54) is 49.3 Å². The first kappa shape index (κ1) is 12.5. The lowest BCUT2D eigenvalue weighted by atomic mass is 9.97. The second-order valence-corrected chi connectivity index (χ2v) is 6.85. The normalized spacial score (nSPS) is 30.5. The molecule has 0 radical (unpaired) electrons. The number of rotatable bonds is 2. The number of imidazole rings is 1. The first-order valence-corrected chi connectivity index (χ1v) is 8.35. The van der Waals surface area contributed by atoms with Crippen molar-refractivity contribution < 1.29 is 0 Å². The van der Waals surface area contributed by atoms with Gasteiger partial charge in [0.15, 0.2) is 0 Å². The molecular weight excluding hydrogens is 242 g/mol. The number of nitrogens with zero attached hydrogens (tertiary/aromatic N) is 2. The smallest absolute Gasteiger partial charge is 0.0951 e. The van der Waals surface area contributed by atoms with Crippen LogP contribution in [0.3, 0.4) is 0 Å². The fourth-order valence-corrected chi connectivity index (χ4v) is 4.31. The Balaban J connectivity index is 1.77. The van der Waals surface area contributed by atoms with E-state index in [1.807, 2.05) is 0 Å². The molecule has 18 heavy (non-hydrogen) atoms. The van der Waals surface area contributed by atoms with Gasteiger partial charge in [0.1, 0.15) is 0 Å². The highest BCUT2D eigenvalue weighted by atomic mass is 32.2. The van der Waals surface area contributed by atoms with E-state index in [-0.39, 0.29) is 0 Å². The molecule has 1 aromatic heterocycles. The van der Waals surface area contributed by atoms with Crippen LogP contribution in [-0.2, 0) is 0 Å². The van der Waals surface area contributed by atoms with Gasteiger partial charge in [-0.3, -0.25) is 0 Å². The highest BCUT2D eigenvalue weighted by Gasteiger charge is 2.25. The molecular formula is C14H23N3S. The molecule has 2 saturated heterocycles. The quantitative estimate of drug-likeness (QED) is 0.891. The molecule has 0 bridgehead atoms. The van der Waals surface area contributed by atoms with Crippen LogP contribution in [0.5, 0.6) is 0 Å². The van der Waals surface area contributed by atoms with E-state index in [4.69, 9.17) is 0 Å². The molecule has 2 fully saturated rings. The minimum atomic E-state index is 0.519. The molecule has 3 heterocycles. The molecule has 2 aliphatic rings. The van der Waals surface area contributed by atoms with E-state index in [0.717, 1.165) is 0 Å². The van der Waals surface area contributed by atoms with Gasteiger partial charge in [-0.05, 0) is 50.5 Å². The first-order valence-electron chi connectivity index (χ1n) is 7.20. The predicted molar refractivity (Wildman–Crippen MR) is 77.0 cm³/mol. The monoisotopic (exact) mass is 265 g/mol. The van der Waals surface area contributed by atoms with Crippen molar-refractivity contribution in [3.63, 3.8) is 0 Å². The molecule has 1 N–H and O–H groups in total. The molecule has 1 aromatic rings. The van der Waals surface area contributed by atoms with Gasteiger partial charge in [-0.2, -0.15) is 11.8 Å². The molecule has 0 saturated carbocycles. The molecule has 100 valence electrons. The van der Waals surface area contributed by atoms with E-state index in [0.29, 0.717) is 18.1 Å². The Bertz CT molecular complexity index is 384. The first-order chi connectivity index (χ1) is 8.84. The average molecular weight is 265 g/mol. The maximum Gasteiger partial charge on any atom is 0.0951 e. The van der Waals surface area contributed by atoms with Crippen LogP contribution in [0, 0.1) is 0 Å². The van der Waals surface area contributed by atoms with E-state index in [9.17, 15) is 0 Å². The summed E-state index contributed by atoms with van der Waals surface area (Å²) in [5.74, 6) is 2.60. The second kappa shape index (κ2) is 5.66. The summed E-state index contributed by atoms with van der Waals surface area (Å²) in [6.07, 6.45) is 10.6. The third-order valence-electron chi connectivity index (χ3n) is 4.25. The number of nitrogens with one attached hydrogen (secondary N) is 1. The molecule has 3 nitrogen and oxygen atoms in total. The number of hydrogen-bond donors (Lipinski definition) is 1. The van der Waals surface area contributed by atoms with Crippen LogP contribution in [0.1, 0.15) is 56.8 Å². The molecule has 0 spiro atoms. The summed E-state index contributed by atoms with van der Waals surface area (Å²) < 4.78 is 2.45. The lowest BCUT2D eigenvalue weighted by molar-refractivity contribution is 0.319. The number of piperidine rings is 1. The zero-order valence-corrected chi connectivity index (χ0v) is 12.0. The standard InChI is InChI=1S/C14H23N3S/c1-11-3-2-4-13(16-11)14-9-15-10-17(14)12-5-7-18-8-6-12/h9-13,16H,2-8H2,1H3. The van der Waals surface area contributed by atoms with Gasteiger partial charge >= 0.3 is 0 Å². The third-order valence-corrected chi connectivity index (χ3v) is 5.30. The third kappa shape index (κ3) is 2.59. The Hall–Kier alpha value is -0.480. The zero-order valence-electron chi connectivity index (χ0n) is 11.1. The highest BCUT2D eigenvalue weighted by molar-refractivity contribution is 7.99. The van der Waals surface area contributed by atoms with Crippen molar-refractivity contribution in [2.24, 2.45) is 0 Å². The SMILES string of the molecule is CC1CCCC(c2cncn2C2CCSCC2)N1. The fraction of sp³-hybridized carbons (Fsp3) is 0.786. The van der Waals surface area contributed by atoms with Crippen molar-refractivity contribution in [2.45, 2.75) is 57.2 Å². The van der Waals surface area contributed by atoms with E-state index in [1.54, 1.807) is 0 Å². The summed E-state index contributed by atoms with van der Waals surface area (Å²) in [5.41, 5.74) is 1.42. The van der Waals surface area contributed by atoms with Gasteiger partial charge in [-0.15, -0.1) is 0 Å². The van der Waals surface area contributed by atoms with Gasteiger partial charge in [0.05, 0.1) is 12.0 Å².